The normalized spacial score (nSPS) is 11.2. The Bertz CT molecular complexity index is 712. The lowest BCUT2D eigenvalue weighted by Crippen LogP contribution is -2.11. The molecule has 0 saturated carbocycles. The number of aromatic nitrogens is 2. The molecule has 106 valence electrons. The zero-order valence-corrected chi connectivity index (χ0v) is 12.3. The highest BCUT2D eigenvalue weighted by Gasteiger charge is 2.05. The number of aryl methyl sites for hydroxylation is 1. The van der Waals surface area contributed by atoms with Gasteiger partial charge in [-0.3, -0.25) is 4.72 Å². The van der Waals surface area contributed by atoms with Gasteiger partial charge in [0.25, 0.3) is 0 Å². The standard InChI is InChI=1S/C13H16N4O2S/c1-9-5-4-6-11(10(9)2)14-12-7-8-13(16-15-12)17-20(3,18)19/h4-8H,1-3H3,(H,14,15)(H,16,17). The largest absolute Gasteiger partial charge is 0.339 e. The van der Waals surface area contributed by atoms with E-state index >= 15 is 0 Å². The molecule has 0 amide bonds. The molecule has 1 aromatic carbocycles. The summed E-state index contributed by atoms with van der Waals surface area (Å²) in [6, 6.07) is 9.17. The van der Waals surface area contributed by atoms with Gasteiger partial charge in [0.05, 0.1) is 6.26 Å². The molecule has 2 N–H and O–H groups in total. The maximum absolute atomic E-state index is 11.1. The predicted octanol–water partition coefficient (Wildman–Crippen LogP) is 2.21. The molecular formula is C13H16N4O2S. The number of anilines is 3. The molecule has 7 heteroatoms. The molecule has 1 heterocycles. The van der Waals surface area contributed by atoms with Crippen LogP contribution < -0.4 is 10.0 Å². The predicted molar refractivity (Wildman–Crippen MR) is 79.7 cm³/mol. The molecular weight excluding hydrogens is 276 g/mol. The third-order valence-electron chi connectivity index (χ3n) is 2.82. The van der Waals surface area contributed by atoms with Gasteiger partial charge in [-0.2, -0.15) is 0 Å². The number of nitrogens with one attached hydrogen (secondary N) is 2. The summed E-state index contributed by atoms with van der Waals surface area (Å²) in [5.41, 5.74) is 3.26. The first kappa shape index (κ1) is 14.3. The lowest BCUT2D eigenvalue weighted by atomic mass is 10.1. The van der Waals surface area contributed by atoms with Crippen LogP contribution in [0, 0.1) is 13.8 Å². The molecule has 0 saturated heterocycles. The average Bonchev–Trinajstić information content (AvgIpc) is 2.35. The van der Waals surface area contributed by atoms with E-state index in [1.165, 1.54) is 5.56 Å². The molecule has 0 aliphatic rings. The minimum Gasteiger partial charge on any atom is -0.339 e. The van der Waals surface area contributed by atoms with Crippen molar-refractivity contribution in [2.45, 2.75) is 13.8 Å². The lowest BCUT2D eigenvalue weighted by molar-refractivity contribution is 0.606. The number of hydrogen-bond donors (Lipinski definition) is 2. The van der Waals surface area contributed by atoms with Crippen LogP contribution in [0.5, 0.6) is 0 Å². The van der Waals surface area contributed by atoms with Crippen molar-refractivity contribution in [1.29, 1.82) is 0 Å². The molecule has 0 atom stereocenters. The van der Waals surface area contributed by atoms with Gasteiger partial charge in [0.15, 0.2) is 11.6 Å². The van der Waals surface area contributed by atoms with Crippen LogP contribution in [-0.2, 0) is 10.0 Å². The van der Waals surface area contributed by atoms with E-state index in [4.69, 9.17) is 0 Å². The van der Waals surface area contributed by atoms with Crippen LogP contribution in [0.2, 0.25) is 0 Å². The van der Waals surface area contributed by atoms with E-state index in [0.29, 0.717) is 5.82 Å². The van der Waals surface area contributed by atoms with Crippen molar-refractivity contribution in [3.05, 3.63) is 41.5 Å². The van der Waals surface area contributed by atoms with Crippen LogP contribution in [0.1, 0.15) is 11.1 Å². The maximum atomic E-state index is 11.1. The third-order valence-corrected chi connectivity index (χ3v) is 3.40. The van der Waals surface area contributed by atoms with Crippen molar-refractivity contribution in [3.63, 3.8) is 0 Å². The van der Waals surface area contributed by atoms with Crippen LogP contribution >= 0.6 is 0 Å². The molecule has 1 aromatic heterocycles. The van der Waals surface area contributed by atoms with E-state index in [9.17, 15) is 8.42 Å². The summed E-state index contributed by atoms with van der Waals surface area (Å²) in [6.07, 6.45) is 1.07. The van der Waals surface area contributed by atoms with E-state index < -0.39 is 10.0 Å². The molecule has 20 heavy (non-hydrogen) atoms. The summed E-state index contributed by atoms with van der Waals surface area (Å²) < 4.78 is 24.4. The molecule has 0 aliphatic heterocycles. The Morgan fingerprint density at radius 1 is 1.00 bits per heavy atom. The summed E-state index contributed by atoms with van der Waals surface area (Å²) in [4.78, 5) is 0. The van der Waals surface area contributed by atoms with Gasteiger partial charge in [-0.15, -0.1) is 10.2 Å². The first-order valence-corrected chi connectivity index (χ1v) is 7.89. The number of rotatable bonds is 4. The van der Waals surface area contributed by atoms with Crippen LogP contribution in [0.15, 0.2) is 30.3 Å². The minimum atomic E-state index is -3.33. The second kappa shape index (κ2) is 5.46. The summed E-state index contributed by atoms with van der Waals surface area (Å²) in [5.74, 6) is 0.747. The Morgan fingerprint density at radius 3 is 2.25 bits per heavy atom. The zero-order chi connectivity index (χ0) is 14.8. The van der Waals surface area contributed by atoms with Gasteiger partial charge in [0.1, 0.15) is 0 Å². The van der Waals surface area contributed by atoms with Crippen LogP contribution in [0.25, 0.3) is 0 Å². The second-order valence-corrected chi connectivity index (χ2v) is 6.30. The number of benzene rings is 1. The molecule has 0 unspecified atom stereocenters. The van der Waals surface area contributed by atoms with Crippen LogP contribution in [-0.4, -0.2) is 24.9 Å². The van der Waals surface area contributed by atoms with Gasteiger partial charge < -0.3 is 5.32 Å². The highest BCUT2D eigenvalue weighted by atomic mass is 32.2. The Hall–Kier alpha value is -2.15. The van der Waals surface area contributed by atoms with E-state index in [-0.39, 0.29) is 5.82 Å². The van der Waals surface area contributed by atoms with Crippen LogP contribution in [0.4, 0.5) is 17.3 Å². The lowest BCUT2D eigenvalue weighted by Gasteiger charge is -2.10. The van der Waals surface area contributed by atoms with E-state index in [1.54, 1.807) is 12.1 Å². The smallest absolute Gasteiger partial charge is 0.231 e. The fourth-order valence-corrected chi connectivity index (χ4v) is 2.16. The molecule has 6 nitrogen and oxygen atoms in total. The van der Waals surface area contributed by atoms with Crippen molar-refractivity contribution >= 4 is 27.3 Å². The Morgan fingerprint density at radius 2 is 1.65 bits per heavy atom. The van der Waals surface area contributed by atoms with Crippen molar-refractivity contribution in [3.8, 4) is 0 Å². The number of hydrogen-bond acceptors (Lipinski definition) is 5. The number of nitrogens with zero attached hydrogens (tertiary/aromatic N) is 2. The molecule has 0 aliphatic carbocycles. The van der Waals surface area contributed by atoms with Crippen LogP contribution in [0.3, 0.4) is 0 Å². The van der Waals surface area contributed by atoms with E-state index in [1.807, 2.05) is 32.0 Å². The van der Waals surface area contributed by atoms with Crippen molar-refractivity contribution in [2.24, 2.45) is 0 Å². The van der Waals surface area contributed by atoms with Gasteiger partial charge in [0, 0.05) is 5.69 Å². The van der Waals surface area contributed by atoms with Gasteiger partial charge in [-0.25, -0.2) is 8.42 Å². The highest BCUT2D eigenvalue weighted by Crippen LogP contribution is 2.21. The zero-order valence-electron chi connectivity index (χ0n) is 11.5. The summed E-state index contributed by atoms with van der Waals surface area (Å²) >= 11 is 0. The fourth-order valence-electron chi connectivity index (χ4n) is 1.67. The SMILES string of the molecule is Cc1cccc(Nc2ccc(NS(C)(=O)=O)nn2)c1C. The van der Waals surface area contributed by atoms with E-state index in [2.05, 4.69) is 20.2 Å². The Labute approximate surface area is 118 Å². The molecule has 2 aromatic rings. The molecule has 0 bridgehead atoms. The second-order valence-electron chi connectivity index (χ2n) is 4.55. The molecule has 0 fully saturated rings. The fraction of sp³-hybridized carbons (Fsp3) is 0.231. The van der Waals surface area contributed by atoms with Crippen molar-refractivity contribution in [2.75, 3.05) is 16.3 Å². The van der Waals surface area contributed by atoms with E-state index in [0.717, 1.165) is 17.5 Å². The third kappa shape index (κ3) is 3.67. The highest BCUT2D eigenvalue weighted by molar-refractivity contribution is 7.92. The Kier molecular flexibility index (Phi) is 3.89. The quantitative estimate of drug-likeness (QED) is 0.902. The molecule has 2 rings (SSSR count). The van der Waals surface area contributed by atoms with Gasteiger partial charge >= 0.3 is 0 Å². The topological polar surface area (TPSA) is 84.0 Å². The van der Waals surface area contributed by atoms with Crippen molar-refractivity contribution in [1.82, 2.24) is 10.2 Å². The summed E-state index contributed by atoms with van der Waals surface area (Å²) in [5, 5.41) is 10.9. The van der Waals surface area contributed by atoms with Crippen molar-refractivity contribution < 1.29 is 8.42 Å². The monoisotopic (exact) mass is 292 g/mol. The maximum Gasteiger partial charge on any atom is 0.231 e. The van der Waals surface area contributed by atoms with Gasteiger partial charge in [-0.1, -0.05) is 12.1 Å². The number of sulfonamides is 1. The first-order valence-electron chi connectivity index (χ1n) is 6.00. The molecule has 0 radical (unpaired) electrons. The Balaban J connectivity index is 2.17. The molecule has 0 spiro atoms. The summed E-state index contributed by atoms with van der Waals surface area (Å²) in [6.45, 7) is 4.05. The first-order chi connectivity index (χ1) is 9.35. The summed E-state index contributed by atoms with van der Waals surface area (Å²) in [7, 11) is -3.33. The minimum absolute atomic E-state index is 0.194. The van der Waals surface area contributed by atoms with Gasteiger partial charge in [-0.05, 0) is 43.2 Å². The van der Waals surface area contributed by atoms with Gasteiger partial charge in [0.2, 0.25) is 10.0 Å². The average molecular weight is 292 g/mol.